The van der Waals surface area contributed by atoms with Crippen molar-refractivity contribution in [2.75, 3.05) is 6.61 Å². The van der Waals surface area contributed by atoms with Crippen molar-refractivity contribution < 1.29 is 32.7 Å². The minimum absolute atomic E-state index is 0.136. The lowest BCUT2D eigenvalue weighted by atomic mass is 9.97. The Morgan fingerprint density at radius 3 is 2.63 bits per heavy atom. The van der Waals surface area contributed by atoms with Crippen molar-refractivity contribution in [3.05, 3.63) is 63.2 Å². The van der Waals surface area contributed by atoms with E-state index in [1.54, 1.807) is 0 Å². The molecular formula is C24H20ClF2N3O5. The van der Waals surface area contributed by atoms with Crippen LogP contribution in [0.2, 0.25) is 5.02 Å². The molecule has 3 heterocycles. The Labute approximate surface area is 203 Å². The SMILES string of the molecule is O=C1CCC(N2Cc3c(cc(CNC(=O)C(F)(F)c4ccc(Cl)cc4)c4c3CCO4)C2=O)C(=O)N1. The molecule has 2 N–H and O–H groups in total. The zero-order valence-electron chi connectivity index (χ0n) is 18.3. The van der Waals surface area contributed by atoms with Crippen LogP contribution in [-0.4, -0.2) is 41.2 Å². The summed E-state index contributed by atoms with van der Waals surface area (Å²) in [6, 6.07) is 5.47. The second-order valence-electron chi connectivity index (χ2n) is 8.63. The fourth-order valence-corrected chi connectivity index (χ4v) is 4.85. The zero-order chi connectivity index (χ0) is 24.9. The van der Waals surface area contributed by atoms with E-state index in [2.05, 4.69) is 10.6 Å². The van der Waals surface area contributed by atoms with Gasteiger partial charge in [-0.3, -0.25) is 24.5 Å². The van der Waals surface area contributed by atoms with Gasteiger partial charge in [0.05, 0.1) is 6.61 Å². The molecule has 4 amide bonds. The zero-order valence-corrected chi connectivity index (χ0v) is 19.1. The number of hydrogen-bond donors (Lipinski definition) is 2. The van der Waals surface area contributed by atoms with Crippen molar-refractivity contribution in [2.24, 2.45) is 0 Å². The van der Waals surface area contributed by atoms with Crippen molar-refractivity contribution in [1.82, 2.24) is 15.5 Å². The summed E-state index contributed by atoms with van der Waals surface area (Å²) in [6.45, 7) is 0.261. The van der Waals surface area contributed by atoms with Crippen LogP contribution in [0.1, 0.15) is 45.5 Å². The number of nitrogens with zero attached hydrogens (tertiary/aromatic N) is 1. The van der Waals surface area contributed by atoms with Gasteiger partial charge in [0.15, 0.2) is 0 Å². The highest BCUT2D eigenvalue weighted by Crippen LogP contribution is 2.40. The highest BCUT2D eigenvalue weighted by atomic mass is 35.5. The first kappa shape index (κ1) is 23.2. The van der Waals surface area contributed by atoms with E-state index >= 15 is 0 Å². The molecule has 3 aliphatic heterocycles. The van der Waals surface area contributed by atoms with E-state index in [1.165, 1.54) is 23.1 Å². The van der Waals surface area contributed by atoms with Gasteiger partial charge in [-0.15, -0.1) is 0 Å². The van der Waals surface area contributed by atoms with Gasteiger partial charge in [0.25, 0.3) is 11.8 Å². The maximum Gasteiger partial charge on any atom is 0.349 e. The Balaban J connectivity index is 1.38. The van der Waals surface area contributed by atoms with Crippen molar-refractivity contribution >= 4 is 35.2 Å². The average molecular weight is 504 g/mol. The van der Waals surface area contributed by atoms with E-state index in [-0.39, 0.29) is 42.8 Å². The number of carbonyl (C=O) groups excluding carboxylic acids is 4. The van der Waals surface area contributed by atoms with Gasteiger partial charge in [0.2, 0.25) is 11.8 Å². The first-order valence-corrected chi connectivity index (χ1v) is 11.4. The van der Waals surface area contributed by atoms with Crippen LogP contribution >= 0.6 is 11.6 Å². The van der Waals surface area contributed by atoms with E-state index in [1.807, 2.05) is 0 Å². The molecule has 182 valence electrons. The Morgan fingerprint density at radius 1 is 1.17 bits per heavy atom. The number of carbonyl (C=O) groups is 4. The Bertz CT molecular complexity index is 1260. The van der Waals surface area contributed by atoms with Crippen molar-refractivity contribution in [3.8, 4) is 5.75 Å². The number of benzene rings is 2. The summed E-state index contributed by atoms with van der Waals surface area (Å²) >= 11 is 5.74. The molecule has 0 aliphatic carbocycles. The van der Waals surface area contributed by atoms with Crippen LogP contribution in [0.5, 0.6) is 5.75 Å². The van der Waals surface area contributed by atoms with Gasteiger partial charge in [-0.2, -0.15) is 8.78 Å². The molecule has 2 aromatic carbocycles. The number of alkyl halides is 2. The fourth-order valence-electron chi connectivity index (χ4n) is 4.73. The lowest BCUT2D eigenvalue weighted by Crippen LogP contribution is -2.52. The number of ether oxygens (including phenoxy) is 1. The molecule has 1 unspecified atom stereocenters. The standard InChI is InChI=1S/C24H20ClF2N3O5/c25-14-3-1-13(2-4-14)24(26,27)23(34)28-10-12-9-16-17(15-7-8-35-20(12)15)11-30(22(16)33)18-5-6-19(31)29-21(18)32/h1-4,9,18H,5-8,10-11H2,(H,28,34)(H,29,31,32). The van der Waals surface area contributed by atoms with Crippen LogP contribution in [0, 0.1) is 0 Å². The quantitative estimate of drug-likeness (QED) is 0.610. The number of rotatable bonds is 5. The minimum atomic E-state index is -3.79. The summed E-state index contributed by atoms with van der Waals surface area (Å²) in [5.74, 6) is -6.11. The first-order valence-electron chi connectivity index (χ1n) is 11.0. The predicted octanol–water partition coefficient (Wildman–Crippen LogP) is 2.44. The molecular weight excluding hydrogens is 484 g/mol. The van der Waals surface area contributed by atoms with Crippen LogP contribution in [0.25, 0.3) is 0 Å². The van der Waals surface area contributed by atoms with E-state index in [0.717, 1.165) is 17.7 Å². The van der Waals surface area contributed by atoms with E-state index in [0.29, 0.717) is 35.5 Å². The number of halogens is 3. The van der Waals surface area contributed by atoms with Gasteiger partial charge in [0.1, 0.15) is 11.8 Å². The molecule has 0 aromatic heterocycles. The van der Waals surface area contributed by atoms with Crippen molar-refractivity contribution in [2.45, 2.75) is 44.3 Å². The number of nitrogens with one attached hydrogen (secondary N) is 2. The normalized spacial score (nSPS) is 19.2. The summed E-state index contributed by atoms with van der Waals surface area (Å²) in [6.07, 6.45) is 0.875. The molecule has 0 saturated carbocycles. The summed E-state index contributed by atoms with van der Waals surface area (Å²) < 4.78 is 35.0. The second-order valence-corrected chi connectivity index (χ2v) is 9.07. The second kappa shape index (κ2) is 8.60. The topological polar surface area (TPSA) is 105 Å². The monoisotopic (exact) mass is 503 g/mol. The smallest absolute Gasteiger partial charge is 0.349 e. The highest BCUT2D eigenvalue weighted by Gasteiger charge is 2.43. The third-order valence-electron chi connectivity index (χ3n) is 6.51. The van der Waals surface area contributed by atoms with Crippen LogP contribution in [0.3, 0.4) is 0 Å². The summed E-state index contributed by atoms with van der Waals surface area (Å²) in [5.41, 5.74) is 1.72. The summed E-state index contributed by atoms with van der Waals surface area (Å²) in [4.78, 5) is 50.8. The number of piperidine rings is 1. The third-order valence-corrected chi connectivity index (χ3v) is 6.76. The van der Waals surface area contributed by atoms with Crippen LogP contribution in [0.4, 0.5) is 8.78 Å². The third kappa shape index (κ3) is 4.01. The lowest BCUT2D eigenvalue weighted by Gasteiger charge is -2.29. The number of imide groups is 1. The van der Waals surface area contributed by atoms with Crippen LogP contribution in [-0.2, 0) is 39.8 Å². The molecule has 11 heteroatoms. The fraction of sp³-hybridized carbons (Fsp3) is 0.333. The van der Waals surface area contributed by atoms with Gasteiger partial charge in [-0.05, 0) is 30.2 Å². The number of amides is 4. The largest absolute Gasteiger partial charge is 0.493 e. The van der Waals surface area contributed by atoms with E-state index in [4.69, 9.17) is 16.3 Å². The molecule has 2 aromatic rings. The molecule has 0 bridgehead atoms. The van der Waals surface area contributed by atoms with Gasteiger partial charge >= 0.3 is 5.92 Å². The van der Waals surface area contributed by atoms with Gasteiger partial charge in [0, 0.05) is 53.2 Å². The number of fused-ring (bicyclic) bond motifs is 3. The van der Waals surface area contributed by atoms with Gasteiger partial charge in [-0.25, -0.2) is 0 Å². The molecule has 1 atom stereocenters. The Kier molecular flexibility index (Phi) is 5.71. The molecule has 5 rings (SSSR count). The highest BCUT2D eigenvalue weighted by molar-refractivity contribution is 6.30. The summed E-state index contributed by atoms with van der Waals surface area (Å²) in [7, 11) is 0. The predicted molar refractivity (Wildman–Crippen MR) is 119 cm³/mol. The van der Waals surface area contributed by atoms with E-state index in [9.17, 15) is 28.0 Å². The summed E-state index contributed by atoms with van der Waals surface area (Å²) in [5, 5.41) is 4.77. The molecule has 3 aliphatic rings. The Morgan fingerprint density at radius 2 is 1.91 bits per heavy atom. The maximum absolute atomic E-state index is 14.7. The number of hydrogen-bond acceptors (Lipinski definition) is 5. The molecule has 0 spiro atoms. The minimum Gasteiger partial charge on any atom is -0.493 e. The van der Waals surface area contributed by atoms with E-state index < -0.39 is 29.3 Å². The molecule has 1 saturated heterocycles. The average Bonchev–Trinajstić information content (AvgIpc) is 3.43. The molecule has 0 radical (unpaired) electrons. The molecule has 8 nitrogen and oxygen atoms in total. The molecule has 35 heavy (non-hydrogen) atoms. The van der Waals surface area contributed by atoms with Crippen LogP contribution < -0.4 is 15.4 Å². The van der Waals surface area contributed by atoms with Crippen molar-refractivity contribution in [1.29, 1.82) is 0 Å². The van der Waals surface area contributed by atoms with Gasteiger partial charge in [-0.1, -0.05) is 23.7 Å². The van der Waals surface area contributed by atoms with Gasteiger partial charge < -0.3 is 15.0 Å². The molecule has 1 fully saturated rings. The maximum atomic E-state index is 14.7. The lowest BCUT2D eigenvalue weighted by molar-refractivity contribution is -0.147. The first-order chi connectivity index (χ1) is 16.7. The van der Waals surface area contributed by atoms with Crippen LogP contribution in [0.15, 0.2) is 30.3 Å². The Hall–Kier alpha value is -3.53. The van der Waals surface area contributed by atoms with Crippen molar-refractivity contribution in [3.63, 3.8) is 0 Å².